The fourth-order valence-corrected chi connectivity index (χ4v) is 5.03. The Morgan fingerprint density at radius 2 is 1.52 bits per heavy atom. The Balaban J connectivity index is 1.26. The fraction of sp³-hybridized carbons (Fsp3) is 0.773. The molecule has 9 heteroatoms. The summed E-state index contributed by atoms with van der Waals surface area (Å²) in [5, 5.41) is 0.856. The van der Waals surface area contributed by atoms with E-state index in [2.05, 4.69) is 14.3 Å². The van der Waals surface area contributed by atoms with Crippen LogP contribution in [0.2, 0.25) is 0 Å². The Morgan fingerprint density at radius 3 is 2.03 bits per heavy atom. The van der Waals surface area contributed by atoms with Gasteiger partial charge in [-0.25, -0.2) is 14.8 Å². The number of rotatable bonds is 7. The summed E-state index contributed by atoms with van der Waals surface area (Å²) in [4.78, 5) is 22.5. The second kappa shape index (κ2) is 10.3. The van der Waals surface area contributed by atoms with E-state index in [1.54, 1.807) is 4.90 Å². The van der Waals surface area contributed by atoms with E-state index in [1.165, 1.54) is 19.2 Å². The SMILES string of the molecule is Cc1c(OC2CCN(SC3CC3)CC2)ncnc1OC1CCN(C(=O)OC(C)C)CC1. The summed E-state index contributed by atoms with van der Waals surface area (Å²) in [6.45, 7) is 9.07. The molecule has 1 amide bonds. The zero-order valence-electron chi connectivity index (χ0n) is 18.8. The van der Waals surface area contributed by atoms with Crippen LogP contribution in [0, 0.1) is 6.92 Å². The first kappa shape index (κ1) is 22.5. The number of carbonyl (C=O) groups is 1. The summed E-state index contributed by atoms with van der Waals surface area (Å²) in [6, 6.07) is 0. The van der Waals surface area contributed by atoms with Gasteiger partial charge in [0, 0.05) is 44.3 Å². The van der Waals surface area contributed by atoms with E-state index in [0.29, 0.717) is 24.8 Å². The van der Waals surface area contributed by atoms with Crippen LogP contribution in [-0.4, -0.2) is 75.0 Å². The summed E-state index contributed by atoms with van der Waals surface area (Å²) in [6.07, 6.45) is 7.65. The molecule has 1 aromatic heterocycles. The lowest BCUT2D eigenvalue weighted by atomic mass is 10.1. The Kier molecular flexibility index (Phi) is 7.43. The number of carbonyl (C=O) groups excluding carboxylic acids is 1. The number of aromatic nitrogens is 2. The predicted molar refractivity (Wildman–Crippen MR) is 119 cm³/mol. The highest BCUT2D eigenvalue weighted by atomic mass is 32.2. The van der Waals surface area contributed by atoms with Gasteiger partial charge in [0.25, 0.3) is 0 Å². The Bertz CT molecular complexity index is 745. The molecule has 0 N–H and O–H groups in total. The fourth-order valence-electron chi connectivity index (χ4n) is 3.84. The van der Waals surface area contributed by atoms with Crippen LogP contribution in [0.1, 0.15) is 57.9 Å². The minimum atomic E-state index is -0.246. The van der Waals surface area contributed by atoms with Crippen LogP contribution in [0.15, 0.2) is 6.33 Å². The van der Waals surface area contributed by atoms with Gasteiger partial charge in [0.1, 0.15) is 18.5 Å². The van der Waals surface area contributed by atoms with E-state index in [9.17, 15) is 4.79 Å². The van der Waals surface area contributed by atoms with E-state index in [0.717, 1.165) is 49.6 Å². The molecule has 0 bridgehead atoms. The third-order valence-corrected chi connectivity index (χ3v) is 7.24. The molecule has 31 heavy (non-hydrogen) atoms. The zero-order valence-corrected chi connectivity index (χ0v) is 19.6. The van der Waals surface area contributed by atoms with Crippen LogP contribution in [0.4, 0.5) is 4.79 Å². The van der Waals surface area contributed by atoms with Gasteiger partial charge in [-0.1, -0.05) is 11.9 Å². The van der Waals surface area contributed by atoms with Crippen molar-refractivity contribution < 1.29 is 19.0 Å². The van der Waals surface area contributed by atoms with Crippen molar-refractivity contribution in [3.05, 3.63) is 11.9 Å². The van der Waals surface area contributed by atoms with Crippen LogP contribution in [0.5, 0.6) is 11.8 Å². The van der Waals surface area contributed by atoms with Crippen LogP contribution >= 0.6 is 11.9 Å². The van der Waals surface area contributed by atoms with Crippen molar-refractivity contribution in [2.75, 3.05) is 26.2 Å². The molecule has 0 aromatic carbocycles. The van der Waals surface area contributed by atoms with Crippen LogP contribution in [0.25, 0.3) is 0 Å². The molecule has 0 unspecified atom stereocenters. The van der Waals surface area contributed by atoms with Gasteiger partial charge in [-0.15, -0.1) is 0 Å². The minimum Gasteiger partial charge on any atom is -0.474 e. The molecule has 3 aliphatic rings. The van der Waals surface area contributed by atoms with Crippen molar-refractivity contribution in [3.8, 4) is 11.8 Å². The van der Waals surface area contributed by atoms with E-state index in [4.69, 9.17) is 14.2 Å². The molecular formula is C22H34N4O4S. The molecule has 0 spiro atoms. The van der Waals surface area contributed by atoms with E-state index < -0.39 is 0 Å². The van der Waals surface area contributed by atoms with Crippen molar-refractivity contribution in [3.63, 3.8) is 0 Å². The molecule has 172 valence electrons. The standard InChI is InChI=1S/C22H34N4O4S/c1-15(2)28-22(27)25-10-6-17(7-11-25)29-20-16(3)21(24-14-23-20)30-18-8-12-26(13-9-18)31-19-4-5-19/h14-15,17-19H,4-13H2,1-3H3. The van der Waals surface area contributed by atoms with Crippen LogP contribution < -0.4 is 9.47 Å². The lowest BCUT2D eigenvalue weighted by Gasteiger charge is -2.32. The summed E-state index contributed by atoms with van der Waals surface area (Å²) < 4.78 is 20.2. The first-order chi connectivity index (χ1) is 15.0. The maximum Gasteiger partial charge on any atom is 0.410 e. The summed E-state index contributed by atoms with van der Waals surface area (Å²) in [5.41, 5.74) is 0.846. The highest BCUT2D eigenvalue weighted by Crippen LogP contribution is 2.38. The van der Waals surface area contributed by atoms with Crippen LogP contribution in [0.3, 0.4) is 0 Å². The van der Waals surface area contributed by atoms with Gasteiger partial charge in [0.05, 0.1) is 11.7 Å². The van der Waals surface area contributed by atoms with Crippen molar-refractivity contribution in [2.45, 2.75) is 82.9 Å². The molecule has 2 saturated heterocycles. The highest BCUT2D eigenvalue weighted by Gasteiger charge is 2.30. The number of piperidine rings is 2. The van der Waals surface area contributed by atoms with Crippen molar-refractivity contribution in [1.82, 2.24) is 19.2 Å². The summed E-state index contributed by atoms with van der Waals surface area (Å²) in [7, 11) is 0. The number of likely N-dealkylation sites (tertiary alicyclic amines) is 1. The monoisotopic (exact) mass is 450 g/mol. The minimum absolute atomic E-state index is 0.0206. The molecule has 1 aliphatic carbocycles. The normalized spacial score (nSPS) is 21.4. The molecule has 2 aliphatic heterocycles. The van der Waals surface area contributed by atoms with Gasteiger partial charge < -0.3 is 19.1 Å². The van der Waals surface area contributed by atoms with Crippen molar-refractivity contribution >= 4 is 18.0 Å². The van der Waals surface area contributed by atoms with Crippen LogP contribution in [-0.2, 0) is 4.74 Å². The second-order valence-electron chi connectivity index (χ2n) is 8.90. The molecule has 1 saturated carbocycles. The molecule has 0 atom stereocenters. The molecule has 4 rings (SSSR count). The van der Waals surface area contributed by atoms with Gasteiger partial charge in [0.15, 0.2) is 0 Å². The van der Waals surface area contributed by atoms with Gasteiger partial charge in [-0.05, 0) is 46.5 Å². The van der Waals surface area contributed by atoms with Gasteiger partial charge in [-0.3, -0.25) is 4.31 Å². The van der Waals surface area contributed by atoms with E-state index in [-0.39, 0.29) is 24.4 Å². The average molecular weight is 451 g/mol. The summed E-state index contributed by atoms with van der Waals surface area (Å²) >= 11 is 2.02. The molecule has 3 fully saturated rings. The lowest BCUT2D eigenvalue weighted by Crippen LogP contribution is -2.42. The largest absolute Gasteiger partial charge is 0.474 e. The third-order valence-electron chi connectivity index (χ3n) is 5.81. The van der Waals surface area contributed by atoms with Crippen molar-refractivity contribution in [2.24, 2.45) is 0 Å². The number of ether oxygens (including phenoxy) is 3. The molecule has 3 heterocycles. The molecule has 8 nitrogen and oxygen atoms in total. The van der Waals surface area contributed by atoms with Crippen molar-refractivity contribution in [1.29, 1.82) is 0 Å². The first-order valence-corrected chi connectivity index (χ1v) is 12.3. The van der Waals surface area contributed by atoms with Gasteiger partial charge in [-0.2, -0.15) is 0 Å². The first-order valence-electron chi connectivity index (χ1n) is 11.5. The second-order valence-corrected chi connectivity index (χ2v) is 10.3. The summed E-state index contributed by atoms with van der Waals surface area (Å²) in [5.74, 6) is 1.20. The predicted octanol–water partition coefficient (Wildman–Crippen LogP) is 3.83. The number of nitrogens with zero attached hydrogens (tertiary/aromatic N) is 4. The molecular weight excluding hydrogens is 416 g/mol. The molecule has 0 radical (unpaired) electrons. The van der Waals surface area contributed by atoms with E-state index >= 15 is 0 Å². The third kappa shape index (κ3) is 6.38. The smallest absolute Gasteiger partial charge is 0.410 e. The quantitative estimate of drug-likeness (QED) is 0.580. The number of hydrogen-bond donors (Lipinski definition) is 0. The number of hydrogen-bond acceptors (Lipinski definition) is 8. The lowest BCUT2D eigenvalue weighted by molar-refractivity contribution is 0.0503. The Labute approximate surface area is 189 Å². The maximum atomic E-state index is 12.1. The van der Waals surface area contributed by atoms with Gasteiger partial charge >= 0.3 is 6.09 Å². The number of amides is 1. The Morgan fingerprint density at radius 1 is 0.968 bits per heavy atom. The maximum absolute atomic E-state index is 12.1. The topological polar surface area (TPSA) is 77.0 Å². The van der Waals surface area contributed by atoms with Gasteiger partial charge in [0.2, 0.25) is 11.8 Å². The molecule has 1 aromatic rings. The van der Waals surface area contributed by atoms with E-state index in [1.807, 2.05) is 32.7 Å². The Hall–Kier alpha value is -1.74. The highest BCUT2D eigenvalue weighted by molar-refractivity contribution is 7.97. The average Bonchev–Trinajstić information content (AvgIpc) is 3.56. The zero-order chi connectivity index (χ0) is 21.8.